The van der Waals surface area contributed by atoms with E-state index in [0.717, 1.165) is 11.8 Å². The van der Waals surface area contributed by atoms with Gasteiger partial charge in [-0.25, -0.2) is 0 Å². The highest BCUT2D eigenvalue weighted by Crippen LogP contribution is 2.03. The zero-order chi connectivity index (χ0) is 5.86. The molecule has 0 heterocycles. The van der Waals surface area contributed by atoms with Gasteiger partial charge in [-0.1, -0.05) is 11.8 Å². The summed E-state index contributed by atoms with van der Waals surface area (Å²) in [6, 6.07) is 0. The maximum atomic E-state index is 10.1. The first-order valence-electron chi connectivity index (χ1n) is 2.05. The van der Waals surface area contributed by atoms with E-state index in [1.54, 1.807) is 6.92 Å². The van der Waals surface area contributed by atoms with Crippen molar-refractivity contribution in [3.05, 3.63) is 0 Å². The highest BCUT2D eigenvalue weighted by Gasteiger charge is 1.95. The minimum Gasteiger partial charge on any atom is -0.319 e. The van der Waals surface area contributed by atoms with Crippen LogP contribution in [0, 0.1) is 0 Å². The summed E-state index contributed by atoms with van der Waals surface area (Å²) in [5, 5.41) is 0.0208. The lowest BCUT2D eigenvalue weighted by molar-refractivity contribution is -0.109. The maximum Gasteiger partial charge on any atom is 0.187 e. The van der Waals surface area contributed by atoms with Gasteiger partial charge in [0.25, 0.3) is 0 Å². The van der Waals surface area contributed by atoms with E-state index in [2.05, 4.69) is 0 Å². The Morgan fingerprint density at radius 3 is 2.12 bits per heavy atom. The van der Waals surface area contributed by atoms with Gasteiger partial charge in [0, 0.05) is 6.92 Å². The normalized spacial score (nSPS) is 11.9. The Hall–Kier alpha value is 0.270. The minimum absolute atomic E-state index is 0. The van der Waals surface area contributed by atoms with Gasteiger partial charge in [-0.2, -0.15) is 0 Å². The fourth-order valence-corrected chi connectivity index (χ4v) is 0.785. The lowest BCUT2D eigenvalue weighted by atomic mass is 10.8. The molecular weight excluding hydrogens is 146 g/mol. The summed E-state index contributed by atoms with van der Waals surface area (Å²) in [7, 11) is 0. The molecule has 0 aromatic heterocycles. The molecule has 0 radical (unpaired) electrons. The second-order valence-corrected chi connectivity index (χ2v) is 2.87. The van der Waals surface area contributed by atoms with E-state index in [1.807, 2.05) is 0 Å². The standard InChI is InChI=1S/C4H9NOS.ClH/c1-3(5)7-4(2)6;/h3H,5H2,1-2H3;1H/t3-;/m0./s1. The molecule has 2 nitrogen and oxygen atoms in total. The van der Waals surface area contributed by atoms with Gasteiger partial charge in [-0.15, -0.1) is 12.4 Å². The van der Waals surface area contributed by atoms with Crippen LogP contribution in [0.3, 0.4) is 0 Å². The molecule has 0 unspecified atom stereocenters. The summed E-state index contributed by atoms with van der Waals surface area (Å²) >= 11 is 1.15. The van der Waals surface area contributed by atoms with Gasteiger partial charge in [-0.05, 0) is 6.92 Å². The molecule has 0 spiro atoms. The van der Waals surface area contributed by atoms with Crippen LogP contribution in [-0.4, -0.2) is 10.5 Å². The van der Waals surface area contributed by atoms with Crippen molar-refractivity contribution in [2.75, 3.05) is 0 Å². The van der Waals surface area contributed by atoms with Crippen molar-refractivity contribution in [1.82, 2.24) is 0 Å². The van der Waals surface area contributed by atoms with Crippen LogP contribution in [-0.2, 0) is 4.79 Å². The summed E-state index contributed by atoms with van der Waals surface area (Å²) < 4.78 is 0. The third kappa shape index (κ3) is 9.55. The molecule has 0 aromatic rings. The summed E-state index contributed by atoms with van der Waals surface area (Å²) in [4.78, 5) is 10.1. The number of hydrogen-bond donors (Lipinski definition) is 1. The Bertz CT molecular complexity index is 76.4. The summed E-state index contributed by atoms with van der Waals surface area (Å²) in [6.07, 6.45) is 0. The molecule has 0 bridgehead atoms. The number of carbonyl (C=O) groups is 1. The number of rotatable bonds is 1. The fourth-order valence-electron chi connectivity index (χ4n) is 0.262. The van der Waals surface area contributed by atoms with Crippen molar-refractivity contribution in [3.63, 3.8) is 0 Å². The molecule has 8 heavy (non-hydrogen) atoms. The van der Waals surface area contributed by atoms with Crippen LogP contribution in [0.4, 0.5) is 0 Å². The van der Waals surface area contributed by atoms with E-state index in [4.69, 9.17) is 5.73 Å². The number of thioether (sulfide) groups is 1. The Balaban J connectivity index is 0. The van der Waals surface area contributed by atoms with Crippen LogP contribution in [0.15, 0.2) is 0 Å². The van der Waals surface area contributed by atoms with Crippen molar-refractivity contribution in [3.8, 4) is 0 Å². The largest absolute Gasteiger partial charge is 0.319 e. The zero-order valence-electron chi connectivity index (χ0n) is 4.88. The predicted octanol–water partition coefficient (Wildman–Crippen LogP) is 0.993. The Morgan fingerprint density at radius 2 is 2.12 bits per heavy atom. The first-order valence-corrected chi connectivity index (χ1v) is 2.93. The molecule has 0 aromatic carbocycles. The van der Waals surface area contributed by atoms with Gasteiger partial charge in [-0.3, -0.25) is 4.79 Å². The van der Waals surface area contributed by atoms with Gasteiger partial charge in [0.2, 0.25) is 0 Å². The Kier molecular flexibility index (Phi) is 7.52. The highest BCUT2D eigenvalue weighted by molar-refractivity contribution is 8.14. The van der Waals surface area contributed by atoms with Crippen molar-refractivity contribution in [1.29, 1.82) is 0 Å². The van der Waals surface area contributed by atoms with Crippen LogP contribution in [0.5, 0.6) is 0 Å². The lowest BCUT2D eigenvalue weighted by Crippen LogP contribution is -2.10. The third-order valence-corrected chi connectivity index (χ3v) is 1.06. The quantitative estimate of drug-likeness (QED) is 0.575. The molecule has 0 aliphatic carbocycles. The minimum atomic E-state index is -0.0579. The van der Waals surface area contributed by atoms with Crippen LogP contribution in [0.2, 0.25) is 0 Å². The molecule has 0 aliphatic rings. The predicted molar refractivity (Wildman–Crippen MR) is 39.2 cm³/mol. The average molecular weight is 156 g/mol. The number of carbonyl (C=O) groups excluding carboxylic acids is 1. The second-order valence-electron chi connectivity index (χ2n) is 1.31. The average Bonchev–Trinajstić information content (AvgIpc) is 1.27. The van der Waals surface area contributed by atoms with Crippen LogP contribution in [0.25, 0.3) is 0 Å². The van der Waals surface area contributed by atoms with Crippen LogP contribution < -0.4 is 5.73 Å². The number of hydrogen-bond acceptors (Lipinski definition) is 3. The van der Waals surface area contributed by atoms with E-state index in [-0.39, 0.29) is 22.9 Å². The summed E-state index contributed by atoms with van der Waals surface area (Å²) in [5.74, 6) is 0. The van der Waals surface area contributed by atoms with E-state index in [0.29, 0.717) is 0 Å². The summed E-state index contributed by atoms with van der Waals surface area (Å²) in [6.45, 7) is 3.29. The van der Waals surface area contributed by atoms with Crippen molar-refractivity contribution >= 4 is 29.3 Å². The van der Waals surface area contributed by atoms with Crippen molar-refractivity contribution < 1.29 is 4.79 Å². The van der Waals surface area contributed by atoms with E-state index < -0.39 is 0 Å². The van der Waals surface area contributed by atoms with Gasteiger partial charge in [0.1, 0.15) is 0 Å². The van der Waals surface area contributed by atoms with Gasteiger partial charge < -0.3 is 5.73 Å². The summed E-state index contributed by atoms with van der Waals surface area (Å²) in [5.41, 5.74) is 5.24. The lowest BCUT2D eigenvalue weighted by Gasteiger charge is -1.96. The Morgan fingerprint density at radius 1 is 1.75 bits per heavy atom. The van der Waals surface area contributed by atoms with E-state index in [1.165, 1.54) is 6.92 Å². The second kappa shape index (κ2) is 5.41. The molecule has 0 amide bonds. The van der Waals surface area contributed by atoms with Gasteiger partial charge >= 0.3 is 0 Å². The molecule has 1 atom stereocenters. The molecular formula is C4H10ClNOS. The van der Waals surface area contributed by atoms with Gasteiger partial charge in [0.15, 0.2) is 5.12 Å². The van der Waals surface area contributed by atoms with Crippen LogP contribution in [0.1, 0.15) is 13.8 Å². The monoisotopic (exact) mass is 155 g/mol. The van der Waals surface area contributed by atoms with E-state index >= 15 is 0 Å². The number of nitrogens with two attached hydrogens (primary N) is 1. The molecule has 50 valence electrons. The zero-order valence-corrected chi connectivity index (χ0v) is 6.51. The van der Waals surface area contributed by atoms with Crippen LogP contribution >= 0.6 is 24.2 Å². The van der Waals surface area contributed by atoms with Crippen molar-refractivity contribution in [2.45, 2.75) is 19.2 Å². The first kappa shape index (κ1) is 11.1. The third-order valence-electron chi connectivity index (χ3n) is 0.352. The smallest absolute Gasteiger partial charge is 0.187 e. The molecule has 4 heteroatoms. The molecule has 0 saturated heterocycles. The SMILES string of the molecule is CC(=O)S[C@@H](C)N.Cl. The van der Waals surface area contributed by atoms with Gasteiger partial charge in [0.05, 0.1) is 5.37 Å². The molecule has 0 saturated carbocycles. The molecule has 0 rings (SSSR count). The maximum absolute atomic E-state index is 10.1. The Labute approximate surface area is 59.6 Å². The molecule has 2 N–H and O–H groups in total. The fraction of sp³-hybridized carbons (Fsp3) is 0.750. The highest BCUT2D eigenvalue weighted by atomic mass is 35.5. The molecule has 0 aliphatic heterocycles. The van der Waals surface area contributed by atoms with Crippen molar-refractivity contribution in [2.24, 2.45) is 5.73 Å². The van der Waals surface area contributed by atoms with E-state index in [9.17, 15) is 4.79 Å². The molecule has 0 fully saturated rings. The first-order chi connectivity index (χ1) is 3.13. The number of halogens is 1. The topological polar surface area (TPSA) is 43.1 Å².